The predicted octanol–water partition coefficient (Wildman–Crippen LogP) is 3.47. The number of benzene rings is 1. The highest BCUT2D eigenvalue weighted by atomic mass is 16.7. The fourth-order valence-electron chi connectivity index (χ4n) is 3.00. The summed E-state index contributed by atoms with van der Waals surface area (Å²) in [4.78, 5) is 14.3. The van der Waals surface area contributed by atoms with Crippen molar-refractivity contribution in [3.05, 3.63) is 35.6 Å². The van der Waals surface area contributed by atoms with Crippen LogP contribution >= 0.6 is 0 Å². The quantitative estimate of drug-likeness (QED) is 0.359. The fraction of sp³-hybridized carbons (Fsp3) is 0.500. The number of furan rings is 1. The van der Waals surface area contributed by atoms with Gasteiger partial charge >= 0.3 is 5.97 Å². The lowest BCUT2D eigenvalue weighted by atomic mass is 10.0. The Hall–Kier alpha value is -2.55. The van der Waals surface area contributed by atoms with Gasteiger partial charge in [-0.25, -0.2) is 0 Å². The molecule has 0 N–H and O–H groups in total. The van der Waals surface area contributed by atoms with Gasteiger partial charge in [0.05, 0.1) is 25.6 Å². The number of methoxy groups -OCH3 is 3. The molecule has 2 aromatic rings. The third-order valence-electron chi connectivity index (χ3n) is 4.58. The lowest BCUT2D eigenvalue weighted by Crippen LogP contribution is -2.21. The molecule has 0 saturated heterocycles. The summed E-state index contributed by atoms with van der Waals surface area (Å²) in [6, 6.07) is 7.30. The molecule has 8 nitrogen and oxygen atoms in total. The summed E-state index contributed by atoms with van der Waals surface area (Å²) in [6.45, 7) is 6.86. The topological polar surface area (TPSA) is 79.6 Å². The van der Waals surface area contributed by atoms with E-state index in [9.17, 15) is 4.79 Å². The molecule has 0 saturated carbocycles. The molecule has 166 valence electrons. The Bertz CT molecular complexity index is 799. The summed E-state index contributed by atoms with van der Waals surface area (Å²) in [5, 5.41) is 0. The van der Waals surface area contributed by atoms with E-state index < -0.39 is 0 Å². The highest BCUT2D eigenvalue weighted by molar-refractivity contribution is 5.80. The number of hydrogen-bond acceptors (Lipinski definition) is 8. The number of hydrogen-bond donors (Lipinski definition) is 0. The van der Waals surface area contributed by atoms with Gasteiger partial charge < -0.3 is 28.1 Å². The molecule has 0 unspecified atom stereocenters. The van der Waals surface area contributed by atoms with E-state index >= 15 is 0 Å². The van der Waals surface area contributed by atoms with E-state index in [2.05, 4.69) is 18.7 Å². The van der Waals surface area contributed by atoms with Crippen molar-refractivity contribution in [2.45, 2.75) is 26.8 Å². The van der Waals surface area contributed by atoms with Gasteiger partial charge in [0.1, 0.15) is 23.0 Å². The first-order valence-corrected chi connectivity index (χ1v) is 9.84. The van der Waals surface area contributed by atoms with Gasteiger partial charge in [-0.05, 0) is 36.9 Å². The van der Waals surface area contributed by atoms with E-state index in [0.29, 0.717) is 34.9 Å². The molecule has 0 fully saturated rings. The first-order chi connectivity index (χ1) is 14.6. The summed E-state index contributed by atoms with van der Waals surface area (Å²) in [5.41, 5.74) is 1.32. The normalized spacial score (nSPS) is 11.0. The monoisotopic (exact) mass is 421 g/mol. The van der Waals surface area contributed by atoms with Gasteiger partial charge in [0.25, 0.3) is 0 Å². The van der Waals surface area contributed by atoms with Crippen molar-refractivity contribution in [2.75, 3.05) is 48.0 Å². The molecular formula is C22H31NO7. The van der Waals surface area contributed by atoms with Gasteiger partial charge in [0, 0.05) is 20.3 Å². The Morgan fingerprint density at radius 3 is 2.33 bits per heavy atom. The molecule has 0 aliphatic rings. The van der Waals surface area contributed by atoms with Gasteiger partial charge in [-0.1, -0.05) is 13.8 Å². The summed E-state index contributed by atoms with van der Waals surface area (Å²) in [6.07, 6.45) is 0.0332. The number of carbonyl (C=O) groups is 1. The fourth-order valence-corrected chi connectivity index (χ4v) is 3.00. The predicted molar refractivity (Wildman–Crippen MR) is 111 cm³/mol. The van der Waals surface area contributed by atoms with Crippen LogP contribution in [0.1, 0.15) is 25.2 Å². The van der Waals surface area contributed by atoms with Crippen molar-refractivity contribution < 1.29 is 32.9 Å². The van der Waals surface area contributed by atoms with Crippen LogP contribution in [0.2, 0.25) is 0 Å². The number of ether oxygens (including phenoxy) is 5. The molecule has 0 amide bonds. The smallest absolute Gasteiger partial charge is 0.310 e. The minimum atomic E-state index is -0.382. The summed E-state index contributed by atoms with van der Waals surface area (Å²) in [5.74, 6) is 2.02. The van der Waals surface area contributed by atoms with Crippen molar-refractivity contribution in [2.24, 2.45) is 0 Å². The van der Waals surface area contributed by atoms with E-state index in [-0.39, 0.29) is 26.0 Å². The molecule has 8 heteroatoms. The minimum Gasteiger partial charge on any atom is -0.469 e. The van der Waals surface area contributed by atoms with E-state index in [0.717, 1.165) is 18.8 Å². The SMILES string of the molecule is CCN(CC)Cc1ccc(-c2c(CC(=O)OC)cc(OCOC)cc2OCOC)o1. The van der Waals surface area contributed by atoms with Gasteiger partial charge in [-0.2, -0.15) is 0 Å². The number of rotatable bonds is 13. The highest BCUT2D eigenvalue weighted by Crippen LogP contribution is 2.39. The molecule has 0 bridgehead atoms. The lowest BCUT2D eigenvalue weighted by Gasteiger charge is -2.17. The van der Waals surface area contributed by atoms with Crippen molar-refractivity contribution >= 4 is 5.97 Å². The van der Waals surface area contributed by atoms with Crippen LogP contribution in [0.4, 0.5) is 0 Å². The Kier molecular flexibility index (Phi) is 9.66. The summed E-state index contributed by atoms with van der Waals surface area (Å²) in [7, 11) is 4.42. The van der Waals surface area contributed by atoms with E-state index in [4.69, 9.17) is 28.1 Å². The van der Waals surface area contributed by atoms with Gasteiger partial charge in [-0.3, -0.25) is 9.69 Å². The van der Waals surface area contributed by atoms with Crippen LogP contribution in [-0.2, 0) is 32.0 Å². The number of carbonyl (C=O) groups excluding carboxylic acids is 1. The van der Waals surface area contributed by atoms with E-state index in [1.807, 2.05) is 12.1 Å². The van der Waals surface area contributed by atoms with Crippen LogP contribution < -0.4 is 9.47 Å². The zero-order chi connectivity index (χ0) is 21.9. The molecule has 0 radical (unpaired) electrons. The second-order valence-electron chi connectivity index (χ2n) is 6.54. The standard InChI is InChI=1S/C22H31NO7/c1-6-23(7-2)13-17-8-9-19(30-17)22-16(11-21(24)27-5)10-18(28-14-25-3)12-20(22)29-15-26-4/h8-10,12H,6-7,11,13-15H2,1-5H3. The molecule has 1 aromatic carbocycles. The summed E-state index contributed by atoms with van der Waals surface area (Å²) >= 11 is 0. The molecule has 2 rings (SSSR count). The molecule has 1 heterocycles. The second-order valence-corrected chi connectivity index (χ2v) is 6.54. The minimum absolute atomic E-state index is 0.0331. The van der Waals surface area contributed by atoms with Crippen LogP contribution in [0.5, 0.6) is 11.5 Å². The van der Waals surface area contributed by atoms with Crippen LogP contribution in [0.15, 0.2) is 28.7 Å². The van der Waals surface area contributed by atoms with Crippen LogP contribution in [-0.4, -0.2) is 58.9 Å². The van der Waals surface area contributed by atoms with Crippen molar-refractivity contribution in [3.8, 4) is 22.8 Å². The average Bonchev–Trinajstić information content (AvgIpc) is 3.22. The lowest BCUT2D eigenvalue weighted by molar-refractivity contribution is -0.139. The molecule has 1 aromatic heterocycles. The molecule has 0 aliphatic carbocycles. The Labute approximate surface area is 177 Å². The van der Waals surface area contributed by atoms with Crippen LogP contribution in [0.25, 0.3) is 11.3 Å². The van der Waals surface area contributed by atoms with Crippen LogP contribution in [0.3, 0.4) is 0 Å². The van der Waals surface area contributed by atoms with Crippen molar-refractivity contribution in [1.82, 2.24) is 4.90 Å². The Balaban J connectivity index is 2.50. The second kappa shape index (κ2) is 12.2. The van der Waals surface area contributed by atoms with Gasteiger partial charge in [-0.15, -0.1) is 0 Å². The Morgan fingerprint density at radius 1 is 1.00 bits per heavy atom. The van der Waals surface area contributed by atoms with Gasteiger partial charge in [0.15, 0.2) is 13.6 Å². The summed E-state index contributed by atoms with van der Waals surface area (Å²) < 4.78 is 32.4. The number of nitrogens with zero attached hydrogens (tertiary/aromatic N) is 1. The molecule has 0 spiro atoms. The molecular weight excluding hydrogens is 390 g/mol. The third kappa shape index (κ3) is 6.48. The molecule has 0 aliphatic heterocycles. The van der Waals surface area contributed by atoms with E-state index in [1.165, 1.54) is 21.3 Å². The zero-order valence-electron chi connectivity index (χ0n) is 18.4. The van der Waals surface area contributed by atoms with E-state index in [1.54, 1.807) is 12.1 Å². The third-order valence-corrected chi connectivity index (χ3v) is 4.58. The average molecular weight is 421 g/mol. The zero-order valence-corrected chi connectivity index (χ0v) is 18.4. The maximum absolute atomic E-state index is 12.1. The molecule has 0 atom stereocenters. The maximum atomic E-state index is 12.1. The van der Waals surface area contributed by atoms with Gasteiger partial charge in [0.2, 0.25) is 0 Å². The maximum Gasteiger partial charge on any atom is 0.310 e. The van der Waals surface area contributed by atoms with Crippen molar-refractivity contribution in [3.63, 3.8) is 0 Å². The largest absolute Gasteiger partial charge is 0.469 e. The molecule has 30 heavy (non-hydrogen) atoms. The number of esters is 1. The highest BCUT2D eigenvalue weighted by Gasteiger charge is 2.21. The first-order valence-electron chi connectivity index (χ1n) is 9.84. The Morgan fingerprint density at radius 2 is 1.70 bits per heavy atom. The van der Waals surface area contributed by atoms with Crippen LogP contribution in [0, 0.1) is 0 Å². The first kappa shape index (κ1) is 23.7. The van der Waals surface area contributed by atoms with Crippen molar-refractivity contribution in [1.29, 1.82) is 0 Å².